The summed E-state index contributed by atoms with van der Waals surface area (Å²) in [4.78, 5) is 27.4. The molecule has 0 saturated carbocycles. The molecule has 0 aliphatic rings. The predicted octanol–water partition coefficient (Wildman–Crippen LogP) is 3.57. The summed E-state index contributed by atoms with van der Waals surface area (Å²) in [7, 11) is 0. The lowest BCUT2D eigenvalue weighted by Crippen LogP contribution is -2.15. The van der Waals surface area contributed by atoms with Crippen LogP contribution in [0.25, 0.3) is 0 Å². The van der Waals surface area contributed by atoms with Crippen LogP contribution in [0.2, 0.25) is 0 Å². The molecule has 1 aromatic rings. The van der Waals surface area contributed by atoms with Gasteiger partial charge in [-0.1, -0.05) is 6.92 Å². The van der Waals surface area contributed by atoms with Gasteiger partial charge in [0.15, 0.2) is 0 Å². The Morgan fingerprint density at radius 2 is 2.04 bits per heavy atom. The van der Waals surface area contributed by atoms with Gasteiger partial charge in [0.05, 0.1) is 22.6 Å². The van der Waals surface area contributed by atoms with Gasteiger partial charge in [0.1, 0.15) is 0 Å². The normalized spacial score (nSPS) is 11.5. The Morgan fingerprint density at radius 3 is 2.62 bits per heavy atom. The number of unbranched alkanes of at least 4 members (excludes halogenated alkanes) is 1. The molecule has 26 heavy (non-hydrogen) atoms. The quantitative estimate of drug-likeness (QED) is 0.178. The number of aliphatic imine (C=N–C) groups is 1. The van der Waals surface area contributed by atoms with Crippen LogP contribution in [0.3, 0.4) is 0 Å². The summed E-state index contributed by atoms with van der Waals surface area (Å²) < 4.78 is 27.5. The Labute approximate surface area is 156 Å². The van der Waals surface area contributed by atoms with Crippen LogP contribution >= 0.6 is 11.8 Å². The fourth-order valence-electron chi connectivity index (χ4n) is 2.22. The average molecular weight is 386 g/mol. The van der Waals surface area contributed by atoms with Crippen LogP contribution in [-0.4, -0.2) is 31.0 Å². The average Bonchev–Trinajstić information content (AvgIpc) is 2.56. The fourth-order valence-corrected chi connectivity index (χ4v) is 3.05. The van der Waals surface area contributed by atoms with Crippen molar-refractivity contribution in [1.29, 1.82) is 0 Å². The molecule has 0 aliphatic carbocycles. The van der Waals surface area contributed by atoms with Gasteiger partial charge >= 0.3 is 0 Å². The Bertz CT molecular complexity index is 648. The van der Waals surface area contributed by atoms with Gasteiger partial charge in [-0.2, -0.15) is 0 Å². The lowest BCUT2D eigenvalue weighted by atomic mass is 10.1. The van der Waals surface area contributed by atoms with Crippen molar-refractivity contribution in [2.24, 2.45) is 10.7 Å². The highest BCUT2D eigenvalue weighted by Gasteiger charge is 2.27. The van der Waals surface area contributed by atoms with Crippen molar-refractivity contribution >= 4 is 41.8 Å². The molecule has 0 bridgehead atoms. The monoisotopic (exact) mass is 386 g/mol. The number of anilines is 2. The summed E-state index contributed by atoms with van der Waals surface area (Å²) in [6.07, 6.45) is 3.17. The standard InChI is InChI=1S/C17H24F2N4O2S/c1-3-26-16-13(22-11-24)8-12(17(2,18)19)9-14(16)23-15(25)6-4-5-7-21-10-20/h8-11H,3-7H2,1-2H3,(H2,20,21)(H,22,24)(H,23,25). The van der Waals surface area contributed by atoms with Gasteiger partial charge in [0.2, 0.25) is 12.3 Å². The van der Waals surface area contributed by atoms with Crippen LogP contribution < -0.4 is 16.4 Å². The molecule has 0 aliphatic heterocycles. The molecular formula is C17H24F2N4O2S. The Hall–Kier alpha value is -2.16. The third kappa shape index (κ3) is 6.99. The van der Waals surface area contributed by atoms with Gasteiger partial charge in [0.25, 0.3) is 5.92 Å². The lowest BCUT2D eigenvalue weighted by Gasteiger charge is -2.19. The van der Waals surface area contributed by atoms with E-state index in [2.05, 4.69) is 15.6 Å². The molecule has 144 valence electrons. The van der Waals surface area contributed by atoms with Crippen molar-refractivity contribution in [3.8, 4) is 0 Å². The minimum atomic E-state index is -3.10. The number of thioether (sulfide) groups is 1. The highest BCUT2D eigenvalue weighted by molar-refractivity contribution is 7.99. The maximum Gasteiger partial charge on any atom is 0.270 e. The fraction of sp³-hybridized carbons (Fsp3) is 0.471. The van der Waals surface area contributed by atoms with E-state index in [0.717, 1.165) is 6.92 Å². The first-order valence-electron chi connectivity index (χ1n) is 8.22. The SMILES string of the molecule is CCSc1c(NC=O)cc(C(C)(F)F)cc1NC(=O)CCCCN=CN. The van der Waals surface area contributed by atoms with E-state index in [4.69, 9.17) is 5.73 Å². The Kier molecular flexibility index (Phi) is 9.04. The summed E-state index contributed by atoms with van der Waals surface area (Å²) in [5, 5.41) is 5.13. The number of hydrogen-bond donors (Lipinski definition) is 3. The number of nitrogens with one attached hydrogen (secondary N) is 2. The van der Waals surface area contributed by atoms with Crippen molar-refractivity contribution in [3.05, 3.63) is 17.7 Å². The number of benzene rings is 1. The topological polar surface area (TPSA) is 96.6 Å². The van der Waals surface area contributed by atoms with Crippen LogP contribution in [0.4, 0.5) is 20.2 Å². The number of carbonyl (C=O) groups is 2. The molecule has 0 unspecified atom stereocenters. The van der Waals surface area contributed by atoms with E-state index >= 15 is 0 Å². The molecule has 0 atom stereocenters. The van der Waals surface area contributed by atoms with E-state index < -0.39 is 5.92 Å². The number of rotatable bonds is 11. The van der Waals surface area contributed by atoms with Gasteiger partial charge < -0.3 is 16.4 Å². The van der Waals surface area contributed by atoms with E-state index in [1.165, 1.54) is 30.2 Å². The van der Waals surface area contributed by atoms with Crippen molar-refractivity contribution in [3.63, 3.8) is 0 Å². The minimum Gasteiger partial charge on any atom is -0.390 e. The largest absolute Gasteiger partial charge is 0.390 e. The molecular weight excluding hydrogens is 362 g/mol. The van der Waals surface area contributed by atoms with Crippen LogP contribution in [0.1, 0.15) is 38.7 Å². The number of hydrogen-bond acceptors (Lipinski definition) is 4. The summed E-state index contributed by atoms with van der Waals surface area (Å²) in [5.41, 5.74) is 5.38. The first-order valence-corrected chi connectivity index (χ1v) is 9.21. The van der Waals surface area contributed by atoms with E-state index in [-0.39, 0.29) is 29.3 Å². The first-order chi connectivity index (χ1) is 12.3. The smallest absolute Gasteiger partial charge is 0.270 e. The molecule has 0 fully saturated rings. The van der Waals surface area contributed by atoms with Crippen LogP contribution in [0, 0.1) is 0 Å². The van der Waals surface area contributed by atoms with E-state index in [1.807, 2.05) is 6.92 Å². The Balaban J connectivity index is 3.03. The summed E-state index contributed by atoms with van der Waals surface area (Å²) >= 11 is 1.35. The number of nitrogens with zero attached hydrogens (tertiary/aromatic N) is 1. The summed E-state index contributed by atoms with van der Waals surface area (Å²) in [6.45, 7) is 3.19. The second kappa shape index (κ2) is 10.7. The molecule has 2 amide bonds. The molecule has 0 spiro atoms. The van der Waals surface area contributed by atoms with Crippen molar-refractivity contribution in [1.82, 2.24) is 0 Å². The molecule has 4 N–H and O–H groups in total. The molecule has 0 saturated heterocycles. The van der Waals surface area contributed by atoms with Gasteiger partial charge in [-0.05, 0) is 30.7 Å². The second-order valence-electron chi connectivity index (χ2n) is 5.54. The highest BCUT2D eigenvalue weighted by atomic mass is 32.2. The van der Waals surface area contributed by atoms with Crippen molar-refractivity contribution in [2.75, 3.05) is 22.9 Å². The van der Waals surface area contributed by atoms with Gasteiger partial charge in [-0.15, -0.1) is 11.8 Å². The molecule has 0 radical (unpaired) electrons. The third-order valence-electron chi connectivity index (χ3n) is 3.42. The maximum atomic E-state index is 13.8. The number of amides is 2. The zero-order valence-electron chi connectivity index (χ0n) is 14.9. The lowest BCUT2D eigenvalue weighted by molar-refractivity contribution is -0.116. The molecule has 0 aromatic heterocycles. The van der Waals surface area contributed by atoms with Gasteiger partial charge in [0, 0.05) is 25.5 Å². The summed E-state index contributed by atoms with van der Waals surface area (Å²) in [6, 6.07) is 2.48. The van der Waals surface area contributed by atoms with Gasteiger partial charge in [-0.25, -0.2) is 8.78 Å². The predicted molar refractivity (Wildman–Crippen MR) is 102 cm³/mol. The highest BCUT2D eigenvalue weighted by Crippen LogP contribution is 2.40. The zero-order chi connectivity index (χ0) is 19.6. The molecule has 1 aromatic carbocycles. The second-order valence-corrected chi connectivity index (χ2v) is 6.82. The van der Waals surface area contributed by atoms with Crippen LogP contribution in [0.15, 0.2) is 22.0 Å². The maximum absolute atomic E-state index is 13.8. The molecule has 9 heteroatoms. The number of nitrogens with two attached hydrogens (primary N) is 1. The molecule has 0 heterocycles. The van der Waals surface area contributed by atoms with Crippen LogP contribution in [-0.2, 0) is 15.5 Å². The molecule has 6 nitrogen and oxygen atoms in total. The number of halogens is 2. The Morgan fingerprint density at radius 1 is 1.35 bits per heavy atom. The number of carbonyl (C=O) groups excluding carboxylic acids is 2. The van der Waals surface area contributed by atoms with E-state index in [0.29, 0.717) is 36.4 Å². The third-order valence-corrected chi connectivity index (χ3v) is 4.44. The van der Waals surface area contributed by atoms with E-state index in [9.17, 15) is 18.4 Å². The minimum absolute atomic E-state index is 0.236. The number of alkyl halides is 2. The van der Waals surface area contributed by atoms with E-state index in [1.54, 1.807) is 0 Å². The first kappa shape index (κ1) is 21.9. The van der Waals surface area contributed by atoms with Gasteiger partial charge in [-0.3, -0.25) is 14.6 Å². The van der Waals surface area contributed by atoms with Crippen molar-refractivity contribution in [2.45, 2.75) is 43.9 Å². The zero-order valence-corrected chi connectivity index (χ0v) is 15.7. The summed E-state index contributed by atoms with van der Waals surface area (Å²) in [5.74, 6) is -2.74. The molecule has 1 rings (SSSR count). The van der Waals surface area contributed by atoms with Crippen LogP contribution in [0.5, 0.6) is 0 Å². The van der Waals surface area contributed by atoms with Crippen molar-refractivity contribution < 1.29 is 18.4 Å².